The molecule has 0 heterocycles. The lowest BCUT2D eigenvalue weighted by molar-refractivity contribution is -0.385. The maximum atomic E-state index is 12.1. The monoisotopic (exact) mass is 328 g/mol. The van der Waals surface area contributed by atoms with Gasteiger partial charge in [-0.2, -0.15) is 0 Å². The average Bonchev–Trinajstić information content (AvgIpc) is 2.34. The number of rotatable bonds is 5. The predicted molar refractivity (Wildman–Crippen MR) is 77.8 cm³/mol. The number of hydrogen-bond acceptors (Lipinski definition) is 3. The van der Waals surface area contributed by atoms with Gasteiger partial charge in [-0.1, -0.05) is 22.9 Å². The van der Waals surface area contributed by atoms with Crippen LogP contribution in [0.4, 0.5) is 5.69 Å². The summed E-state index contributed by atoms with van der Waals surface area (Å²) in [5.41, 5.74) is 1.01. The minimum Gasteiger partial charge on any atom is -0.342 e. The number of hydrogen-bond donors (Lipinski definition) is 0. The first kappa shape index (κ1) is 15.6. The molecule has 19 heavy (non-hydrogen) atoms. The highest BCUT2D eigenvalue weighted by Crippen LogP contribution is 2.19. The standard InChI is InChI=1S/C13H17BrN2O3/c1-9-8-11(4-5-12(9)16(18)19)13(17)15(3)7-6-10(2)14/h4-5,8,10H,6-7H2,1-3H3. The minimum absolute atomic E-state index is 0.0354. The second-order valence-corrected chi connectivity index (χ2v) is 6.12. The van der Waals surface area contributed by atoms with Gasteiger partial charge in [0.25, 0.3) is 11.6 Å². The molecule has 1 atom stereocenters. The van der Waals surface area contributed by atoms with Crippen LogP contribution in [0.15, 0.2) is 18.2 Å². The largest absolute Gasteiger partial charge is 0.342 e. The zero-order valence-electron chi connectivity index (χ0n) is 11.2. The average molecular weight is 329 g/mol. The fourth-order valence-electron chi connectivity index (χ4n) is 1.69. The zero-order chi connectivity index (χ0) is 14.6. The van der Waals surface area contributed by atoms with Gasteiger partial charge in [0.05, 0.1) is 4.92 Å². The molecule has 0 aliphatic carbocycles. The third kappa shape index (κ3) is 4.31. The molecule has 1 aromatic carbocycles. The van der Waals surface area contributed by atoms with Crippen LogP contribution in [-0.4, -0.2) is 34.2 Å². The maximum absolute atomic E-state index is 12.1. The number of nitrogens with zero attached hydrogens (tertiary/aromatic N) is 2. The van der Waals surface area contributed by atoms with Crippen molar-refractivity contribution in [3.63, 3.8) is 0 Å². The summed E-state index contributed by atoms with van der Waals surface area (Å²) >= 11 is 3.43. The molecule has 0 saturated carbocycles. The van der Waals surface area contributed by atoms with Crippen LogP contribution in [0.3, 0.4) is 0 Å². The van der Waals surface area contributed by atoms with E-state index in [0.717, 1.165) is 6.42 Å². The van der Waals surface area contributed by atoms with E-state index in [4.69, 9.17) is 0 Å². The molecular formula is C13H17BrN2O3. The topological polar surface area (TPSA) is 63.5 Å². The molecule has 5 nitrogen and oxygen atoms in total. The van der Waals surface area contributed by atoms with Crippen LogP contribution in [0.1, 0.15) is 29.3 Å². The van der Waals surface area contributed by atoms with Gasteiger partial charge < -0.3 is 4.90 Å². The molecule has 0 N–H and O–H groups in total. The van der Waals surface area contributed by atoms with Gasteiger partial charge in [0, 0.05) is 35.6 Å². The summed E-state index contributed by atoms with van der Waals surface area (Å²) in [7, 11) is 1.73. The van der Waals surface area contributed by atoms with Gasteiger partial charge in [0.2, 0.25) is 0 Å². The summed E-state index contributed by atoms with van der Waals surface area (Å²) in [5, 5.41) is 10.7. The molecule has 0 spiro atoms. The highest BCUT2D eigenvalue weighted by Gasteiger charge is 2.16. The fraction of sp³-hybridized carbons (Fsp3) is 0.462. The maximum Gasteiger partial charge on any atom is 0.272 e. The van der Waals surface area contributed by atoms with Gasteiger partial charge in [0.15, 0.2) is 0 Å². The highest BCUT2D eigenvalue weighted by atomic mass is 79.9. The molecule has 0 aromatic heterocycles. The Balaban J connectivity index is 2.83. The van der Waals surface area contributed by atoms with Crippen molar-refractivity contribution in [3.05, 3.63) is 39.4 Å². The molecule has 1 unspecified atom stereocenters. The minimum atomic E-state index is -0.445. The van der Waals surface area contributed by atoms with Crippen LogP contribution in [0.2, 0.25) is 0 Å². The van der Waals surface area contributed by atoms with E-state index in [1.807, 2.05) is 6.92 Å². The Morgan fingerprint density at radius 2 is 2.16 bits per heavy atom. The van der Waals surface area contributed by atoms with Crippen LogP contribution in [0, 0.1) is 17.0 Å². The Kier molecular flexibility index (Phi) is 5.47. The summed E-state index contributed by atoms with van der Waals surface area (Å²) in [5.74, 6) is -0.119. The van der Waals surface area contributed by atoms with Crippen molar-refractivity contribution in [1.29, 1.82) is 0 Å². The summed E-state index contributed by atoms with van der Waals surface area (Å²) in [6.07, 6.45) is 0.855. The summed E-state index contributed by atoms with van der Waals surface area (Å²) < 4.78 is 0. The van der Waals surface area contributed by atoms with E-state index < -0.39 is 4.92 Å². The van der Waals surface area contributed by atoms with E-state index in [0.29, 0.717) is 22.5 Å². The Hall–Kier alpha value is -1.43. The van der Waals surface area contributed by atoms with Crippen molar-refractivity contribution in [2.75, 3.05) is 13.6 Å². The van der Waals surface area contributed by atoms with Crippen molar-refractivity contribution in [2.45, 2.75) is 25.1 Å². The molecule has 0 fully saturated rings. The number of amides is 1. The van der Waals surface area contributed by atoms with Crippen LogP contribution >= 0.6 is 15.9 Å². The van der Waals surface area contributed by atoms with Gasteiger partial charge in [-0.3, -0.25) is 14.9 Å². The van der Waals surface area contributed by atoms with Crippen molar-refractivity contribution in [3.8, 4) is 0 Å². The lowest BCUT2D eigenvalue weighted by Crippen LogP contribution is -2.28. The normalized spacial score (nSPS) is 12.0. The zero-order valence-corrected chi connectivity index (χ0v) is 12.8. The quantitative estimate of drug-likeness (QED) is 0.474. The number of nitro benzene ring substituents is 1. The van der Waals surface area contributed by atoms with Gasteiger partial charge in [-0.15, -0.1) is 0 Å². The lowest BCUT2D eigenvalue weighted by atomic mass is 10.1. The second kappa shape index (κ2) is 6.65. The summed E-state index contributed by atoms with van der Waals surface area (Å²) in [6.45, 7) is 4.30. The number of aryl methyl sites for hydroxylation is 1. The first-order chi connectivity index (χ1) is 8.82. The number of nitro groups is 1. The van der Waals surface area contributed by atoms with Gasteiger partial charge in [0.1, 0.15) is 0 Å². The number of carbonyl (C=O) groups excluding carboxylic acids is 1. The number of halogens is 1. The van der Waals surface area contributed by atoms with Gasteiger partial charge in [-0.25, -0.2) is 0 Å². The number of carbonyl (C=O) groups is 1. The number of benzene rings is 1. The Morgan fingerprint density at radius 1 is 1.53 bits per heavy atom. The van der Waals surface area contributed by atoms with Crippen molar-refractivity contribution in [2.24, 2.45) is 0 Å². The van der Waals surface area contributed by atoms with Crippen molar-refractivity contribution >= 4 is 27.5 Å². The van der Waals surface area contributed by atoms with Crippen LogP contribution in [0.25, 0.3) is 0 Å². The molecule has 104 valence electrons. The molecular weight excluding hydrogens is 312 g/mol. The predicted octanol–water partition coefficient (Wildman–Crippen LogP) is 3.15. The van der Waals surface area contributed by atoms with E-state index in [1.165, 1.54) is 12.1 Å². The van der Waals surface area contributed by atoms with E-state index in [9.17, 15) is 14.9 Å². The van der Waals surface area contributed by atoms with E-state index in [1.54, 1.807) is 24.9 Å². The molecule has 0 saturated heterocycles. The SMILES string of the molecule is Cc1cc(C(=O)N(C)CCC(C)Br)ccc1[N+](=O)[O-]. The first-order valence-corrected chi connectivity index (χ1v) is 6.89. The van der Waals surface area contributed by atoms with Gasteiger partial charge >= 0.3 is 0 Å². The molecule has 1 rings (SSSR count). The molecule has 0 bridgehead atoms. The molecule has 1 amide bonds. The first-order valence-electron chi connectivity index (χ1n) is 5.97. The van der Waals surface area contributed by atoms with Crippen LogP contribution in [-0.2, 0) is 0 Å². The molecule has 1 aromatic rings. The Morgan fingerprint density at radius 3 is 2.63 bits per heavy atom. The van der Waals surface area contributed by atoms with Crippen molar-refractivity contribution in [1.82, 2.24) is 4.90 Å². The van der Waals surface area contributed by atoms with Crippen molar-refractivity contribution < 1.29 is 9.72 Å². The van der Waals surface area contributed by atoms with Crippen LogP contribution in [0.5, 0.6) is 0 Å². The Labute approximate surface area is 120 Å². The highest BCUT2D eigenvalue weighted by molar-refractivity contribution is 9.09. The Bertz CT molecular complexity index is 489. The fourth-order valence-corrected chi connectivity index (χ4v) is 1.89. The second-order valence-electron chi connectivity index (χ2n) is 4.55. The molecule has 0 radical (unpaired) electrons. The smallest absolute Gasteiger partial charge is 0.272 e. The third-order valence-corrected chi connectivity index (χ3v) is 3.31. The van der Waals surface area contributed by atoms with E-state index >= 15 is 0 Å². The molecule has 0 aliphatic heterocycles. The third-order valence-electron chi connectivity index (χ3n) is 2.85. The van der Waals surface area contributed by atoms with E-state index in [-0.39, 0.29) is 11.6 Å². The van der Waals surface area contributed by atoms with Gasteiger partial charge in [-0.05, 0) is 25.5 Å². The summed E-state index contributed by atoms with van der Waals surface area (Å²) in [4.78, 5) is 24.4. The van der Waals surface area contributed by atoms with E-state index in [2.05, 4.69) is 15.9 Å². The molecule has 0 aliphatic rings. The molecule has 6 heteroatoms. The lowest BCUT2D eigenvalue weighted by Gasteiger charge is -2.18. The van der Waals surface area contributed by atoms with Crippen LogP contribution < -0.4 is 0 Å². The summed E-state index contributed by atoms with van der Waals surface area (Å²) in [6, 6.07) is 4.44. The number of alkyl halides is 1.